The number of ether oxygens (including phenoxy) is 2. The number of halogens is 2. The zero-order valence-electron chi connectivity index (χ0n) is 24.7. The van der Waals surface area contributed by atoms with Crippen molar-refractivity contribution in [3.63, 3.8) is 0 Å². The molecule has 2 aromatic rings. The van der Waals surface area contributed by atoms with Gasteiger partial charge in [-0.3, -0.25) is 15.4 Å². The Balaban J connectivity index is 2.05. The van der Waals surface area contributed by atoms with Gasteiger partial charge in [0.05, 0.1) is 34.1 Å². The molecule has 1 fully saturated rings. The first-order valence-corrected chi connectivity index (χ1v) is 14.0. The van der Waals surface area contributed by atoms with Gasteiger partial charge in [-0.2, -0.15) is 0 Å². The molecule has 3 N–H and O–H groups in total. The van der Waals surface area contributed by atoms with Gasteiger partial charge in [0.2, 0.25) is 0 Å². The van der Waals surface area contributed by atoms with Crippen LogP contribution in [-0.2, 0) is 25.5 Å². The van der Waals surface area contributed by atoms with E-state index < -0.39 is 63.6 Å². The molecule has 0 radical (unpaired) electrons. The summed E-state index contributed by atoms with van der Waals surface area (Å²) in [7, 11) is 0. The van der Waals surface area contributed by atoms with Crippen LogP contribution in [0.1, 0.15) is 67.9 Å². The summed E-state index contributed by atoms with van der Waals surface area (Å²) < 4.78 is 39.7. The van der Waals surface area contributed by atoms with E-state index >= 15 is 0 Å². The van der Waals surface area contributed by atoms with Crippen LogP contribution in [0.5, 0.6) is 0 Å². The summed E-state index contributed by atoms with van der Waals surface area (Å²) >= 11 is 0. The summed E-state index contributed by atoms with van der Waals surface area (Å²) in [6, 6.07) is 7.93. The van der Waals surface area contributed by atoms with Gasteiger partial charge in [0.25, 0.3) is 5.70 Å². The third-order valence-corrected chi connectivity index (χ3v) is 7.31. The number of nitro groups is 1. The minimum Gasteiger partial charge on any atom is -0.478 e. The van der Waals surface area contributed by atoms with Crippen molar-refractivity contribution in [1.82, 2.24) is 10.6 Å². The standard InChI is InChI=1S/C31H33F2N3O8/c1-5-43-28(39)24-23(17-7-9-18(10-8-17)27(37)38)25(36(41)42)22(15-19-11-12-20(32)16-21(19)33)35-26(24)31(13-6-14-34-31)29(40)44-30(2,3)4/h7-12,16,23,34-35H,5-6,13-15H2,1-4H3,(H,37,38)/t23?,31-/m0/s1. The fourth-order valence-electron chi connectivity index (χ4n) is 5.45. The molecule has 234 valence electrons. The summed E-state index contributed by atoms with van der Waals surface area (Å²) in [5.41, 5.74) is -3.69. The lowest BCUT2D eigenvalue weighted by atomic mass is 9.77. The van der Waals surface area contributed by atoms with Gasteiger partial charge in [-0.25, -0.2) is 23.2 Å². The molecule has 0 saturated carbocycles. The molecule has 0 bridgehead atoms. The summed E-state index contributed by atoms with van der Waals surface area (Å²) in [5, 5.41) is 28.3. The maximum Gasteiger partial charge on any atom is 0.337 e. The molecule has 2 aliphatic heterocycles. The molecular weight excluding hydrogens is 580 g/mol. The SMILES string of the molecule is CCOC(=O)C1=C([C@]2(C(=O)OC(C)(C)C)CCCN2)NC(Cc2ccc(F)cc2F)=C([N+](=O)[O-])C1c1ccc(C(=O)O)cc1. The van der Waals surface area contributed by atoms with Crippen LogP contribution in [0, 0.1) is 21.7 Å². The van der Waals surface area contributed by atoms with Crippen LogP contribution in [-0.4, -0.2) is 52.2 Å². The molecule has 4 rings (SSSR count). The Morgan fingerprint density at radius 3 is 2.34 bits per heavy atom. The zero-order chi connectivity index (χ0) is 32.4. The van der Waals surface area contributed by atoms with E-state index in [1.165, 1.54) is 24.3 Å². The number of nitrogens with zero attached hydrogens (tertiary/aromatic N) is 1. The minimum atomic E-state index is -1.68. The van der Waals surface area contributed by atoms with Crippen molar-refractivity contribution in [3.8, 4) is 0 Å². The number of allylic oxidation sites excluding steroid dienone is 2. The molecule has 2 atom stereocenters. The lowest BCUT2D eigenvalue weighted by Crippen LogP contribution is -2.57. The Morgan fingerprint density at radius 1 is 1.14 bits per heavy atom. The van der Waals surface area contributed by atoms with Gasteiger partial charge in [0, 0.05) is 12.5 Å². The third kappa shape index (κ3) is 6.47. The molecule has 1 unspecified atom stereocenters. The van der Waals surface area contributed by atoms with E-state index in [0.29, 0.717) is 19.0 Å². The van der Waals surface area contributed by atoms with Crippen LogP contribution < -0.4 is 10.6 Å². The van der Waals surface area contributed by atoms with Crippen molar-refractivity contribution in [2.24, 2.45) is 0 Å². The number of nitrogens with one attached hydrogen (secondary N) is 2. The number of hydrogen-bond donors (Lipinski definition) is 3. The number of esters is 2. The number of carboxylic acid groups (broad SMARTS) is 1. The van der Waals surface area contributed by atoms with E-state index in [-0.39, 0.29) is 46.7 Å². The first-order valence-electron chi connectivity index (χ1n) is 14.0. The van der Waals surface area contributed by atoms with E-state index in [1.807, 2.05) is 0 Å². The van der Waals surface area contributed by atoms with Crippen LogP contribution in [0.2, 0.25) is 0 Å². The van der Waals surface area contributed by atoms with Crippen LogP contribution in [0.25, 0.3) is 0 Å². The van der Waals surface area contributed by atoms with Crippen molar-refractivity contribution in [3.05, 3.63) is 104 Å². The third-order valence-electron chi connectivity index (χ3n) is 7.31. The second kappa shape index (κ2) is 12.5. The van der Waals surface area contributed by atoms with E-state index in [1.54, 1.807) is 27.7 Å². The lowest BCUT2D eigenvalue weighted by Gasteiger charge is -2.38. The molecule has 0 aliphatic carbocycles. The monoisotopic (exact) mass is 613 g/mol. The first-order chi connectivity index (χ1) is 20.7. The Bertz CT molecular complexity index is 1550. The van der Waals surface area contributed by atoms with E-state index in [4.69, 9.17) is 9.47 Å². The summed E-state index contributed by atoms with van der Waals surface area (Å²) in [6.45, 7) is 6.80. The predicted molar refractivity (Wildman–Crippen MR) is 153 cm³/mol. The molecule has 0 amide bonds. The summed E-state index contributed by atoms with van der Waals surface area (Å²) in [5.74, 6) is -6.21. The number of carbonyl (C=O) groups is 3. The fraction of sp³-hybridized carbons (Fsp3) is 0.387. The summed E-state index contributed by atoms with van der Waals surface area (Å²) in [6.07, 6.45) is 0.187. The molecule has 2 heterocycles. The Hall–Kier alpha value is -4.65. The topological polar surface area (TPSA) is 157 Å². The highest BCUT2D eigenvalue weighted by atomic mass is 19.1. The van der Waals surface area contributed by atoms with Crippen molar-refractivity contribution < 1.29 is 42.7 Å². The molecule has 13 heteroatoms. The number of dihydropyridines is 1. The maximum absolute atomic E-state index is 14.9. The van der Waals surface area contributed by atoms with Gasteiger partial charge >= 0.3 is 17.9 Å². The summed E-state index contributed by atoms with van der Waals surface area (Å²) in [4.78, 5) is 51.3. The molecule has 0 aromatic heterocycles. The molecule has 2 aliphatic rings. The second-order valence-corrected chi connectivity index (χ2v) is 11.5. The highest BCUT2D eigenvalue weighted by Gasteiger charge is 2.54. The zero-order valence-corrected chi connectivity index (χ0v) is 24.7. The van der Waals surface area contributed by atoms with Crippen LogP contribution in [0.3, 0.4) is 0 Å². The van der Waals surface area contributed by atoms with E-state index in [0.717, 1.165) is 12.1 Å². The van der Waals surface area contributed by atoms with Crippen LogP contribution >= 0.6 is 0 Å². The molecule has 0 spiro atoms. The normalized spacial score (nSPS) is 20.3. The average Bonchev–Trinajstić information content (AvgIpc) is 3.44. The highest BCUT2D eigenvalue weighted by Crippen LogP contribution is 2.44. The highest BCUT2D eigenvalue weighted by molar-refractivity contribution is 5.97. The van der Waals surface area contributed by atoms with Gasteiger partial charge in [0.15, 0.2) is 5.54 Å². The number of aromatic carboxylic acids is 1. The molecule has 11 nitrogen and oxygen atoms in total. The minimum absolute atomic E-state index is 0.0573. The largest absolute Gasteiger partial charge is 0.478 e. The lowest BCUT2D eigenvalue weighted by molar-refractivity contribution is -0.431. The predicted octanol–water partition coefficient (Wildman–Crippen LogP) is 4.36. The van der Waals surface area contributed by atoms with Crippen molar-refractivity contribution in [2.75, 3.05) is 13.2 Å². The molecular formula is C31H33F2N3O8. The van der Waals surface area contributed by atoms with Crippen molar-refractivity contribution >= 4 is 17.9 Å². The van der Waals surface area contributed by atoms with Gasteiger partial charge in [-0.15, -0.1) is 0 Å². The van der Waals surface area contributed by atoms with Gasteiger partial charge in [0.1, 0.15) is 23.2 Å². The Kier molecular flexibility index (Phi) is 9.19. The van der Waals surface area contributed by atoms with Crippen molar-refractivity contribution in [2.45, 2.75) is 64.0 Å². The van der Waals surface area contributed by atoms with Gasteiger partial charge in [-0.05, 0) is 76.4 Å². The fourth-order valence-corrected chi connectivity index (χ4v) is 5.45. The molecule has 1 saturated heterocycles. The number of carbonyl (C=O) groups excluding carboxylic acids is 2. The maximum atomic E-state index is 14.9. The van der Waals surface area contributed by atoms with Gasteiger partial charge < -0.3 is 19.9 Å². The molecule has 44 heavy (non-hydrogen) atoms. The first kappa shape index (κ1) is 32.3. The number of hydrogen-bond acceptors (Lipinski definition) is 9. The molecule has 2 aromatic carbocycles. The second-order valence-electron chi connectivity index (χ2n) is 11.5. The Morgan fingerprint density at radius 2 is 1.82 bits per heavy atom. The van der Waals surface area contributed by atoms with E-state index in [9.17, 15) is 38.4 Å². The Labute approximate surface area is 252 Å². The van der Waals surface area contributed by atoms with Crippen molar-refractivity contribution in [1.29, 1.82) is 0 Å². The van der Waals surface area contributed by atoms with Gasteiger partial charge in [-0.1, -0.05) is 18.2 Å². The van der Waals surface area contributed by atoms with Crippen LogP contribution in [0.15, 0.2) is 65.1 Å². The van der Waals surface area contributed by atoms with E-state index in [2.05, 4.69) is 10.6 Å². The number of rotatable bonds is 9. The van der Waals surface area contributed by atoms with Crippen LogP contribution in [0.4, 0.5) is 8.78 Å². The number of carboxylic acids is 1. The number of benzene rings is 2. The quantitative estimate of drug-likeness (QED) is 0.211. The smallest absolute Gasteiger partial charge is 0.337 e. The average molecular weight is 614 g/mol.